The molecule has 2 atom stereocenters. The summed E-state index contributed by atoms with van der Waals surface area (Å²) >= 11 is 0. The molecule has 5 heteroatoms. The number of nitrogens with one attached hydrogen (secondary N) is 1. The number of hydrogen-bond donors (Lipinski definition) is 2. The molecule has 3 N–H and O–H groups in total. The van der Waals surface area contributed by atoms with Crippen molar-refractivity contribution in [3.8, 4) is 6.07 Å². The maximum atomic E-state index is 13.4. The molecule has 0 aliphatic heterocycles. The molecule has 0 saturated heterocycles. The maximum absolute atomic E-state index is 13.4. The van der Waals surface area contributed by atoms with Crippen LogP contribution in [-0.4, -0.2) is 17.9 Å². The molecule has 3 rings (SSSR count). The molecular weight excluding hydrogens is 398 g/mol. The molecule has 32 heavy (non-hydrogen) atoms. The lowest BCUT2D eigenvalue weighted by Gasteiger charge is -2.36. The number of nitrogens with zero attached hydrogens (tertiary/aromatic N) is 1. The Labute approximate surface area is 188 Å². The summed E-state index contributed by atoms with van der Waals surface area (Å²) in [4.78, 5) is 25.4. The minimum atomic E-state index is -0.915. The lowest BCUT2D eigenvalue weighted by atomic mass is 9.67. The first-order valence-corrected chi connectivity index (χ1v) is 10.6. The summed E-state index contributed by atoms with van der Waals surface area (Å²) in [5.74, 6) is -1.35. The van der Waals surface area contributed by atoms with Crippen LogP contribution in [0.2, 0.25) is 0 Å². The second-order valence-electron chi connectivity index (χ2n) is 7.97. The number of hydrogen-bond acceptors (Lipinski definition) is 3. The molecule has 0 fully saturated rings. The van der Waals surface area contributed by atoms with Gasteiger partial charge in [-0.2, -0.15) is 5.26 Å². The number of nitrogens with two attached hydrogens (primary N) is 1. The first-order valence-electron chi connectivity index (χ1n) is 10.6. The molecule has 3 aromatic rings. The molecule has 162 valence electrons. The number of nitriles is 1. The van der Waals surface area contributed by atoms with E-state index in [4.69, 9.17) is 11.0 Å². The Morgan fingerprint density at radius 2 is 1.28 bits per heavy atom. The van der Waals surface area contributed by atoms with Gasteiger partial charge in [-0.15, -0.1) is 0 Å². The molecule has 0 spiro atoms. The topological polar surface area (TPSA) is 96.0 Å². The second kappa shape index (κ2) is 10.4. The highest BCUT2D eigenvalue weighted by molar-refractivity contribution is 5.88. The summed E-state index contributed by atoms with van der Waals surface area (Å²) < 4.78 is 0. The smallest absolute Gasteiger partial charge is 0.240 e. The summed E-state index contributed by atoms with van der Waals surface area (Å²) in [5.41, 5.74) is 7.68. The largest absolute Gasteiger partial charge is 0.368 e. The zero-order valence-corrected chi connectivity index (χ0v) is 18.1. The van der Waals surface area contributed by atoms with Crippen molar-refractivity contribution in [2.75, 3.05) is 0 Å². The monoisotopic (exact) mass is 425 g/mol. The van der Waals surface area contributed by atoms with Crippen molar-refractivity contribution in [2.45, 2.75) is 31.2 Å². The molecule has 2 amide bonds. The van der Waals surface area contributed by atoms with Crippen molar-refractivity contribution in [1.29, 1.82) is 5.26 Å². The van der Waals surface area contributed by atoms with Gasteiger partial charge in [0.2, 0.25) is 11.8 Å². The van der Waals surface area contributed by atoms with Gasteiger partial charge in [0.05, 0.1) is 11.5 Å². The Balaban J connectivity index is 2.10. The molecular formula is C27H27N3O2. The highest BCUT2D eigenvalue weighted by atomic mass is 16.2. The fourth-order valence-corrected chi connectivity index (χ4v) is 4.20. The molecule has 0 aliphatic rings. The first-order chi connectivity index (χ1) is 15.5. The minimum Gasteiger partial charge on any atom is -0.368 e. The van der Waals surface area contributed by atoms with E-state index in [2.05, 4.69) is 5.32 Å². The minimum absolute atomic E-state index is 0.0775. The van der Waals surface area contributed by atoms with E-state index < -0.39 is 17.4 Å². The normalized spacial score (nSPS) is 12.9. The van der Waals surface area contributed by atoms with E-state index in [0.29, 0.717) is 0 Å². The van der Waals surface area contributed by atoms with Crippen LogP contribution in [0.25, 0.3) is 0 Å². The predicted molar refractivity (Wildman–Crippen MR) is 124 cm³/mol. The lowest BCUT2D eigenvalue weighted by Crippen LogP contribution is -2.50. The van der Waals surface area contributed by atoms with Gasteiger partial charge in [-0.25, -0.2) is 0 Å². The Hall–Kier alpha value is -3.91. The Bertz CT molecular complexity index is 979. The summed E-state index contributed by atoms with van der Waals surface area (Å²) in [6.07, 6.45) is 0.198. The average Bonchev–Trinajstić information content (AvgIpc) is 2.82. The zero-order chi connectivity index (χ0) is 23.0. The van der Waals surface area contributed by atoms with Gasteiger partial charge >= 0.3 is 0 Å². The molecule has 3 aromatic carbocycles. The van der Waals surface area contributed by atoms with Crippen LogP contribution in [0.15, 0.2) is 91.0 Å². The standard InChI is InChI=1S/C27H27N3O2/c1-20(17-18-28)25(26(29)32)30-24(31)19-27(21-11-5-2-6-12-21,22-13-7-3-8-14-22)23-15-9-4-10-16-23/h2-16,20,25H,17,19H2,1H3,(H2,29,32)(H,30,31)/t20-,25+/m1/s1. The van der Waals surface area contributed by atoms with E-state index in [9.17, 15) is 9.59 Å². The third-order valence-corrected chi connectivity index (χ3v) is 5.83. The van der Waals surface area contributed by atoms with Crippen molar-refractivity contribution in [1.82, 2.24) is 5.32 Å². The molecule has 0 radical (unpaired) electrons. The van der Waals surface area contributed by atoms with Crippen molar-refractivity contribution >= 4 is 11.8 Å². The van der Waals surface area contributed by atoms with Gasteiger partial charge in [-0.05, 0) is 22.6 Å². The Morgan fingerprint density at radius 3 is 1.62 bits per heavy atom. The van der Waals surface area contributed by atoms with Gasteiger partial charge in [-0.3, -0.25) is 9.59 Å². The van der Waals surface area contributed by atoms with Gasteiger partial charge in [0.25, 0.3) is 0 Å². The average molecular weight is 426 g/mol. The van der Waals surface area contributed by atoms with E-state index in [1.165, 1.54) is 0 Å². The predicted octanol–water partition coefficient (Wildman–Crippen LogP) is 3.93. The number of primary amides is 1. The van der Waals surface area contributed by atoms with E-state index in [-0.39, 0.29) is 24.7 Å². The van der Waals surface area contributed by atoms with Gasteiger partial charge in [0.1, 0.15) is 6.04 Å². The van der Waals surface area contributed by atoms with Crippen molar-refractivity contribution in [2.24, 2.45) is 11.7 Å². The quantitative estimate of drug-likeness (QED) is 0.509. The highest BCUT2D eigenvalue weighted by Gasteiger charge is 2.39. The maximum Gasteiger partial charge on any atom is 0.240 e. The number of carbonyl (C=O) groups is 2. The van der Waals surface area contributed by atoms with Gasteiger partial charge in [-0.1, -0.05) is 97.9 Å². The third-order valence-electron chi connectivity index (χ3n) is 5.83. The molecule has 0 aromatic heterocycles. The van der Waals surface area contributed by atoms with E-state index in [0.717, 1.165) is 16.7 Å². The molecule has 0 saturated carbocycles. The Kier molecular flexibility index (Phi) is 7.41. The number of rotatable bonds is 9. The van der Waals surface area contributed by atoms with Crippen molar-refractivity contribution < 1.29 is 9.59 Å². The SMILES string of the molecule is C[C@H](CC#N)[C@H](NC(=O)CC(c1ccccc1)(c1ccccc1)c1ccccc1)C(N)=O. The van der Waals surface area contributed by atoms with Gasteiger partial charge < -0.3 is 11.1 Å². The lowest BCUT2D eigenvalue weighted by molar-refractivity contribution is -0.128. The van der Waals surface area contributed by atoms with E-state index in [1.807, 2.05) is 97.1 Å². The van der Waals surface area contributed by atoms with Crippen LogP contribution in [0.3, 0.4) is 0 Å². The molecule has 0 bridgehead atoms. The van der Waals surface area contributed by atoms with Crippen LogP contribution in [0.1, 0.15) is 36.5 Å². The van der Waals surface area contributed by atoms with Gasteiger partial charge in [0, 0.05) is 12.8 Å². The highest BCUT2D eigenvalue weighted by Crippen LogP contribution is 2.42. The second-order valence-corrected chi connectivity index (χ2v) is 7.97. The molecule has 0 unspecified atom stereocenters. The van der Waals surface area contributed by atoms with Crippen LogP contribution in [0.5, 0.6) is 0 Å². The zero-order valence-electron chi connectivity index (χ0n) is 18.1. The van der Waals surface area contributed by atoms with Crippen LogP contribution in [-0.2, 0) is 15.0 Å². The summed E-state index contributed by atoms with van der Waals surface area (Å²) in [6.45, 7) is 1.73. The molecule has 5 nitrogen and oxygen atoms in total. The summed E-state index contributed by atoms with van der Waals surface area (Å²) in [5, 5.41) is 11.8. The van der Waals surface area contributed by atoms with Gasteiger partial charge in [0.15, 0.2) is 0 Å². The summed E-state index contributed by atoms with van der Waals surface area (Å²) in [6, 6.07) is 30.7. The fourth-order valence-electron chi connectivity index (χ4n) is 4.20. The number of carbonyl (C=O) groups excluding carboxylic acids is 2. The first kappa shape index (κ1) is 22.8. The van der Waals surface area contributed by atoms with E-state index in [1.54, 1.807) is 6.92 Å². The van der Waals surface area contributed by atoms with Crippen LogP contribution in [0, 0.1) is 17.2 Å². The Morgan fingerprint density at radius 1 is 0.875 bits per heavy atom. The molecule has 0 aliphatic carbocycles. The van der Waals surface area contributed by atoms with Crippen LogP contribution >= 0.6 is 0 Å². The van der Waals surface area contributed by atoms with Crippen LogP contribution in [0.4, 0.5) is 0 Å². The molecule has 0 heterocycles. The van der Waals surface area contributed by atoms with Crippen LogP contribution < -0.4 is 11.1 Å². The number of amides is 2. The van der Waals surface area contributed by atoms with E-state index >= 15 is 0 Å². The van der Waals surface area contributed by atoms with Crippen molar-refractivity contribution in [3.63, 3.8) is 0 Å². The third kappa shape index (κ3) is 4.87. The number of benzene rings is 3. The fraction of sp³-hybridized carbons (Fsp3) is 0.222. The summed E-state index contributed by atoms with van der Waals surface area (Å²) in [7, 11) is 0. The van der Waals surface area contributed by atoms with Crippen molar-refractivity contribution in [3.05, 3.63) is 108 Å².